The molecule has 1 aromatic heterocycles. The maximum absolute atomic E-state index is 12.4. The standard InChI is InChI=1S/C32H29N5O5/c1-32(2,3)42-31(38)36-17-26-24(27(26)18-36)14-9-20-15-28-25(16-29(20)37(39)40)30(34-19-33-28)35-21-10-12-23(13-11-21)41-22-7-5-4-6-8-22/h4-8,10-13,15-16,19,24,26-27H,17-18H2,1-3H3,(H,33,34,35). The fraction of sp³-hybridized carbons (Fsp3) is 0.281. The Labute approximate surface area is 242 Å². The molecule has 0 radical (unpaired) electrons. The maximum atomic E-state index is 12.4. The minimum atomic E-state index is -0.543. The predicted molar refractivity (Wildman–Crippen MR) is 158 cm³/mol. The van der Waals surface area contributed by atoms with Gasteiger partial charge in [0.2, 0.25) is 0 Å². The van der Waals surface area contributed by atoms with Crippen molar-refractivity contribution in [1.29, 1.82) is 0 Å². The molecule has 3 aromatic carbocycles. The van der Waals surface area contributed by atoms with E-state index in [1.165, 1.54) is 12.4 Å². The van der Waals surface area contributed by atoms with Gasteiger partial charge in [0.05, 0.1) is 10.4 Å². The molecule has 2 atom stereocenters. The summed E-state index contributed by atoms with van der Waals surface area (Å²) in [4.78, 5) is 34.3. The molecule has 1 amide bonds. The molecule has 0 spiro atoms. The molecule has 10 nitrogen and oxygen atoms in total. The second-order valence-electron chi connectivity index (χ2n) is 11.4. The number of hydrogen-bond donors (Lipinski definition) is 1. The van der Waals surface area contributed by atoms with E-state index in [1.807, 2.05) is 75.4 Å². The van der Waals surface area contributed by atoms with Crippen LogP contribution in [0.3, 0.4) is 0 Å². The first-order valence-corrected chi connectivity index (χ1v) is 13.7. The first kappa shape index (κ1) is 27.0. The summed E-state index contributed by atoms with van der Waals surface area (Å²) in [6.07, 6.45) is 1.10. The molecule has 1 saturated heterocycles. The summed E-state index contributed by atoms with van der Waals surface area (Å²) >= 11 is 0. The van der Waals surface area contributed by atoms with Crippen molar-refractivity contribution in [3.8, 4) is 23.3 Å². The Kier molecular flexibility index (Phi) is 6.86. The van der Waals surface area contributed by atoms with E-state index < -0.39 is 10.5 Å². The van der Waals surface area contributed by atoms with Gasteiger partial charge in [-0.15, -0.1) is 0 Å². The normalized spacial score (nSPS) is 18.9. The molecule has 10 heteroatoms. The van der Waals surface area contributed by atoms with Gasteiger partial charge >= 0.3 is 6.09 Å². The number of anilines is 2. The van der Waals surface area contributed by atoms with Crippen molar-refractivity contribution < 1.29 is 19.2 Å². The van der Waals surface area contributed by atoms with Gasteiger partial charge in [-0.25, -0.2) is 14.8 Å². The highest BCUT2D eigenvalue weighted by Crippen LogP contribution is 2.51. The molecule has 1 N–H and O–H groups in total. The number of fused-ring (bicyclic) bond motifs is 2. The summed E-state index contributed by atoms with van der Waals surface area (Å²) in [5.74, 6) is 8.71. The number of hydrogen-bond acceptors (Lipinski definition) is 8. The third-order valence-corrected chi connectivity index (χ3v) is 7.26. The van der Waals surface area contributed by atoms with Crippen LogP contribution in [0.1, 0.15) is 26.3 Å². The second kappa shape index (κ2) is 10.7. The van der Waals surface area contributed by atoms with E-state index in [0.29, 0.717) is 41.1 Å². The number of amides is 1. The van der Waals surface area contributed by atoms with Crippen molar-refractivity contribution >= 4 is 34.2 Å². The third kappa shape index (κ3) is 5.81. The van der Waals surface area contributed by atoms with Gasteiger partial charge in [0.25, 0.3) is 5.69 Å². The number of aromatic nitrogens is 2. The van der Waals surface area contributed by atoms with Gasteiger partial charge in [0.1, 0.15) is 34.8 Å². The van der Waals surface area contributed by atoms with E-state index in [9.17, 15) is 14.9 Å². The summed E-state index contributed by atoms with van der Waals surface area (Å²) < 4.78 is 11.3. The predicted octanol–water partition coefficient (Wildman–Crippen LogP) is 6.54. The minimum Gasteiger partial charge on any atom is -0.457 e. The van der Waals surface area contributed by atoms with Crippen molar-refractivity contribution in [2.45, 2.75) is 26.4 Å². The lowest BCUT2D eigenvalue weighted by Crippen LogP contribution is -2.37. The molecule has 6 rings (SSSR count). The average molecular weight is 564 g/mol. The molecule has 2 fully saturated rings. The molecule has 1 saturated carbocycles. The fourth-order valence-corrected chi connectivity index (χ4v) is 5.19. The van der Waals surface area contributed by atoms with Crippen LogP contribution in [0.4, 0.5) is 22.0 Å². The lowest BCUT2D eigenvalue weighted by molar-refractivity contribution is -0.385. The Balaban J connectivity index is 1.17. The second-order valence-corrected chi connectivity index (χ2v) is 11.4. The highest BCUT2D eigenvalue weighted by molar-refractivity contribution is 5.93. The molecule has 2 heterocycles. The smallest absolute Gasteiger partial charge is 0.410 e. The zero-order valence-electron chi connectivity index (χ0n) is 23.4. The van der Waals surface area contributed by atoms with E-state index in [2.05, 4.69) is 27.1 Å². The summed E-state index contributed by atoms with van der Waals surface area (Å²) in [6.45, 7) is 6.70. The van der Waals surface area contributed by atoms with Crippen LogP contribution in [0, 0.1) is 39.7 Å². The molecule has 4 aromatic rings. The Morgan fingerprint density at radius 3 is 2.38 bits per heavy atom. The number of benzene rings is 3. The van der Waals surface area contributed by atoms with Gasteiger partial charge < -0.3 is 19.7 Å². The topological polar surface area (TPSA) is 120 Å². The number of likely N-dealkylation sites (tertiary alicyclic amines) is 1. The number of rotatable bonds is 5. The Morgan fingerprint density at radius 2 is 1.71 bits per heavy atom. The van der Waals surface area contributed by atoms with Crippen LogP contribution in [0.5, 0.6) is 11.5 Å². The van der Waals surface area contributed by atoms with Crippen LogP contribution in [0.2, 0.25) is 0 Å². The molecule has 1 aliphatic heterocycles. The van der Waals surface area contributed by atoms with Crippen LogP contribution in [-0.4, -0.2) is 44.6 Å². The number of nitro benzene ring substituents is 1. The number of ether oxygens (including phenoxy) is 2. The van der Waals surface area contributed by atoms with Crippen LogP contribution in [0.25, 0.3) is 10.9 Å². The van der Waals surface area contributed by atoms with Gasteiger partial charge in [0.15, 0.2) is 0 Å². The molecule has 212 valence electrons. The first-order valence-electron chi connectivity index (χ1n) is 13.7. The summed E-state index contributed by atoms with van der Waals surface area (Å²) in [7, 11) is 0. The molecule has 2 unspecified atom stereocenters. The maximum Gasteiger partial charge on any atom is 0.410 e. The minimum absolute atomic E-state index is 0.0930. The summed E-state index contributed by atoms with van der Waals surface area (Å²) in [6, 6.07) is 19.9. The largest absolute Gasteiger partial charge is 0.457 e. The SMILES string of the molecule is CC(C)(C)OC(=O)N1CC2C(C#Cc3cc4ncnc(Nc5ccc(Oc6ccccc6)cc5)c4cc3[N+](=O)[O-])C2C1. The number of nitrogens with zero attached hydrogens (tertiary/aromatic N) is 4. The van der Waals surface area contributed by atoms with Crippen molar-refractivity contribution in [2.24, 2.45) is 17.8 Å². The van der Waals surface area contributed by atoms with Crippen molar-refractivity contribution in [3.05, 3.63) is 88.7 Å². The number of para-hydroxylation sites is 1. The van der Waals surface area contributed by atoms with Gasteiger partial charge in [0, 0.05) is 36.1 Å². The Hall–Kier alpha value is -5.17. The Bertz CT molecular complexity index is 1710. The van der Waals surface area contributed by atoms with Gasteiger partial charge in [-0.05, 0) is 75.1 Å². The number of nitro groups is 1. The number of nitrogens with one attached hydrogen (secondary N) is 1. The monoisotopic (exact) mass is 563 g/mol. The lowest BCUT2D eigenvalue weighted by atomic mass is 10.1. The molecule has 1 aliphatic carbocycles. The molecule has 0 bridgehead atoms. The van der Waals surface area contributed by atoms with E-state index in [1.54, 1.807) is 11.0 Å². The first-order chi connectivity index (χ1) is 20.1. The van der Waals surface area contributed by atoms with Crippen LogP contribution in [-0.2, 0) is 4.74 Å². The number of carbonyl (C=O) groups is 1. The van der Waals surface area contributed by atoms with E-state index in [0.717, 1.165) is 11.4 Å². The van der Waals surface area contributed by atoms with Gasteiger partial charge in [-0.1, -0.05) is 30.0 Å². The quantitative estimate of drug-likeness (QED) is 0.165. The Morgan fingerprint density at radius 1 is 1.02 bits per heavy atom. The zero-order chi connectivity index (χ0) is 29.4. The highest BCUT2D eigenvalue weighted by Gasteiger charge is 2.56. The lowest BCUT2D eigenvalue weighted by Gasteiger charge is -2.25. The third-order valence-electron chi connectivity index (χ3n) is 7.26. The number of carbonyl (C=O) groups excluding carboxylic acids is 1. The van der Waals surface area contributed by atoms with Crippen LogP contribution in [0.15, 0.2) is 73.1 Å². The summed E-state index contributed by atoms with van der Waals surface area (Å²) in [5.41, 5.74) is 0.925. The van der Waals surface area contributed by atoms with Crippen molar-refractivity contribution in [1.82, 2.24) is 14.9 Å². The van der Waals surface area contributed by atoms with E-state index >= 15 is 0 Å². The molecular formula is C32H29N5O5. The van der Waals surface area contributed by atoms with Crippen LogP contribution < -0.4 is 10.1 Å². The van der Waals surface area contributed by atoms with Gasteiger partial charge in [-0.2, -0.15) is 0 Å². The average Bonchev–Trinajstić information content (AvgIpc) is 3.39. The van der Waals surface area contributed by atoms with Crippen molar-refractivity contribution in [3.63, 3.8) is 0 Å². The summed E-state index contributed by atoms with van der Waals surface area (Å²) in [5, 5.41) is 15.8. The van der Waals surface area contributed by atoms with Crippen molar-refractivity contribution in [2.75, 3.05) is 18.4 Å². The van der Waals surface area contributed by atoms with E-state index in [-0.39, 0.29) is 29.5 Å². The molecular weight excluding hydrogens is 534 g/mol. The number of piperidine rings is 1. The zero-order valence-corrected chi connectivity index (χ0v) is 23.4. The molecule has 42 heavy (non-hydrogen) atoms. The van der Waals surface area contributed by atoms with Crippen LogP contribution >= 0.6 is 0 Å². The van der Waals surface area contributed by atoms with Gasteiger partial charge in [-0.3, -0.25) is 10.1 Å². The highest BCUT2D eigenvalue weighted by atomic mass is 16.6. The van der Waals surface area contributed by atoms with E-state index in [4.69, 9.17) is 9.47 Å². The fourth-order valence-electron chi connectivity index (χ4n) is 5.19. The molecule has 2 aliphatic rings.